The Hall–Kier alpha value is -2.48. The molecule has 0 saturated heterocycles. The molecule has 0 bridgehead atoms. The molecule has 1 heterocycles. The van der Waals surface area contributed by atoms with E-state index in [2.05, 4.69) is 11.2 Å². The van der Waals surface area contributed by atoms with Gasteiger partial charge in [0.15, 0.2) is 0 Å². The van der Waals surface area contributed by atoms with Gasteiger partial charge < -0.3 is 4.65 Å². The first-order valence-corrected chi connectivity index (χ1v) is 6.17. The number of rotatable bonds is 3. The molecule has 2 radical (unpaired) electrons. The number of hydrogen-bond donors (Lipinski definition) is 0. The normalized spacial score (nSPS) is 11.7. The summed E-state index contributed by atoms with van der Waals surface area (Å²) < 4.78 is 6.69. The van der Waals surface area contributed by atoms with E-state index in [1.807, 2.05) is 44.2 Å². The predicted octanol–water partition coefficient (Wildman–Crippen LogP) is 2.53. The van der Waals surface area contributed by atoms with Crippen LogP contribution in [0.5, 0.6) is 0 Å². The molecule has 1 aromatic heterocycles. The lowest BCUT2D eigenvalue weighted by molar-refractivity contribution is 0.559. The number of hydrogen-bond acceptors (Lipinski definition) is 3. The van der Waals surface area contributed by atoms with Crippen LogP contribution in [0.25, 0.3) is 11.3 Å². The molecule has 98 valence electrons. The summed E-state index contributed by atoms with van der Waals surface area (Å²) >= 11 is 0. The predicted molar refractivity (Wildman–Crippen MR) is 78.4 cm³/mol. The van der Waals surface area contributed by atoms with Crippen molar-refractivity contribution in [2.75, 3.05) is 0 Å². The number of nitriles is 1. The molecule has 5 heteroatoms. The monoisotopic (exact) mass is 263 g/mol. The summed E-state index contributed by atoms with van der Waals surface area (Å²) in [5, 5.41) is 13.8. The van der Waals surface area contributed by atoms with Crippen molar-refractivity contribution in [2.24, 2.45) is 7.05 Å². The minimum atomic E-state index is 0.333. The molecule has 0 aliphatic heterocycles. The Morgan fingerprint density at radius 2 is 1.95 bits per heavy atom. The van der Waals surface area contributed by atoms with Crippen LogP contribution >= 0.6 is 0 Å². The lowest BCUT2D eigenvalue weighted by atomic mass is 10.0. The van der Waals surface area contributed by atoms with Crippen LogP contribution in [0.4, 0.5) is 0 Å². The Bertz CT molecular complexity index is 696. The van der Waals surface area contributed by atoms with Gasteiger partial charge in [0.05, 0.1) is 5.69 Å². The smallest absolute Gasteiger partial charge is 0.374 e. The molecule has 0 unspecified atom stereocenters. The number of benzene rings is 1. The molecule has 0 fully saturated rings. The summed E-state index contributed by atoms with van der Waals surface area (Å²) in [4.78, 5) is 0. The lowest BCUT2D eigenvalue weighted by Crippen LogP contribution is -2.03. The number of aromatic nitrogens is 2. The van der Waals surface area contributed by atoms with Crippen molar-refractivity contribution in [1.29, 1.82) is 5.26 Å². The van der Waals surface area contributed by atoms with Gasteiger partial charge in [0, 0.05) is 12.6 Å². The summed E-state index contributed by atoms with van der Waals surface area (Å²) in [7, 11) is 7.22. The van der Waals surface area contributed by atoms with Crippen molar-refractivity contribution in [3.8, 4) is 6.07 Å². The molecule has 0 amide bonds. The van der Waals surface area contributed by atoms with Gasteiger partial charge in [-0.1, -0.05) is 30.3 Å². The van der Waals surface area contributed by atoms with Crippen molar-refractivity contribution in [1.82, 2.24) is 9.78 Å². The Kier molecular flexibility index (Phi) is 3.95. The Morgan fingerprint density at radius 1 is 1.30 bits per heavy atom. The molecule has 2 rings (SSSR count). The number of nitrogens with zero attached hydrogens (tertiary/aromatic N) is 3. The molecular weight excluding hydrogens is 249 g/mol. The molecule has 0 aliphatic rings. The molecule has 4 nitrogen and oxygen atoms in total. The Labute approximate surface area is 119 Å². The zero-order chi connectivity index (χ0) is 14.7. The Morgan fingerprint density at radius 3 is 2.40 bits per heavy atom. The summed E-state index contributed by atoms with van der Waals surface area (Å²) in [5.74, 6) is 0.333. The summed E-state index contributed by atoms with van der Waals surface area (Å²) in [6.07, 6.45) is 0. The van der Waals surface area contributed by atoms with E-state index >= 15 is 0 Å². The quantitative estimate of drug-likeness (QED) is 0.485. The number of allylic oxidation sites excluding steroid dienone is 1. The molecule has 0 saturated carbocycles. The first kappa shape index (κ1) is 13.9. The van der Waals surface area contributed by atoms with Crippen molar-refractivity contribution in [3.63, 3.8) is 0 Å². The molecule has 0 atom stereocenters. The highest BCUT2D eigenvalue weighted by molar-refractivity contribution is 6.06. The third-order valence-electron chi connectivity index (χ3n) is 3.26. The summed E-state index contributed by atoms with van der Waals surface area (Å²) in [5.41, 5.74) is 3.68. The van der Waals surface area contributed by atoms with Crippen LogP contribution in [-0.4, -0.2) is 17.8 Å². The third-order valence-corrected chi connectivity index (χ3v) is 3.26. The van der Waals surface area contributed by atoms with Gasteiger partial charge >= 0.3 is 8.05 Å². The van der Waals surface area contributed by atoms with E-state index in [4.69, 9.17) is 12.7 Å². The minimum Gasteiger partial charge on any atom is -0.565 e. The van der Waals surface area contributed by atoms with Gasteiger partial charge in [-0.25, -0.2) is 0 Å². The van der Waals surface area contributed by atoms with E-state index in [0.717, 1.165) is 16.8 Å². The van der Waals surface area contributed by atoms with Gasteiger partial charge in [-0.15, -0.1) is 0 Å². The average Bonchev–Trinajstić information content (AvgIpc) is 2.71. The van der Waals surface area contributed by atoms with Gasteiger partial charge in [0.2, 0.25) is 0 Å². The van der Waals surface area contributed by atoms with Gasteiger partial charge in [-0.05, 0) is 19.4 Å². The van der Waals surface area contributed by atoms with E-state index in [1.54, 1.807) is 11.7 Å². The largest absolute Gasteiger partial charge is 0.565 e. The van der Waals surface area contributed by atoms with Gasteiger partial charge in [-0.3, -0.25) is 4.68 Å². The fourth-order valence-corrected chi connectivity index (χ4v) is 2.17. The fraction of sp³-hybridized carbons (Fsp3) is 0.200. The highest BCUT2D eigenvalue weighted by Gasteiger charge is 2.19. The Balaban J connectivity index is 2.72. The SMILES string of the molecule is [B]O/C(=C(/C#N)c1ccccc1)c1c(C)c(C)nn1C. The third kappa shape index (κ3) is 2.33. The molecule has 2 aromatic rings. The molecule has 1 aromatic carbocycles. The maximum Gasteiger partial charge on any atom is 0.374 e. The molecule has 0 aliphatic carbocycles. The van der Waals surface area contributed by atoms with Gasteiger partial charge in [-0.2, -0.15) is 10.4 Å². The average molecular weight is 263 g/mol. The zero-order valence-corrected chi connectivity index (χ0v) is 11.7. The lowest BCUT2D eigenvalue weighted by Gasteiger charge is -2.12. The second-order valence-corrected chi connectivity index (χ2v) is 4.48. The van der Waals surface area contributed by atoms with E-state index in [-0.39, 0.29) is 0 Å². The van der Waals surface area contributed by atoms with Crippen LogP contribution in [-0.2, 0) is 11.7 Å². The van der Waals surface area contributed by atoms with Crippen LogP contribution in [0.1, 0.15) is 22.5 Å². The van der Waals surface area contributed by atoms with Crippen molar-refractivity contribution in [2.45, 2.75) is 13.8 Å². The fourth-order valence-electron chi connectivity index (χ4n) is 2.17. The van der Waals surface area contributed by atoms with E-state index in [1.165, 1.54) is 0 Å². The van der Waals surface area contributed by atoms with E-state index in [9.17, 15) is 5.26 Å². The summed E-state index contributed by atoms with van der Waals surface area (Å²) in [6, 6.07) is 11.5. The molecule has 20 heavy (non-hydrogen) atoms. The van der Waals surface area contributed by atoms with Crippen LogP contribution in [0.15, 0.2) is 30.3 Å². The van der Waals surface area contributed by atoms with Crippen LogP contribution in [0, 0.1) is 25.2 Å². The molecule has 0 spiro atoms. The minimum absolute atomic E-state index is 0.333. The van der Waals surface area contributed by atoms with Crippen LogP contribution < -0.4 is 0 Å². The van der Waals surface area contributed by atoms with E-state index in [0.29, 0.717) is 17.0 Å². The standard InChI is InChI=1S/C15H14BN3O/c1-10-11(2)18-19(3)14(10)15(20-16)13(9-17)12-7-5-4-6-8-12/h4-8H,1-3H3/b15-13-. The highest BCUT2D eigenvalue weighted by Crippen LogP contribution is 2.29. The molecular formula is C15H14BN3O. The summed E-state index contributed by atoms with van der Waals surface area (Å²) in [6.45, 7) is 3.83. The van der Waals surface area contributed by atoms with Gasteiger partial charge in [0.25, 0.3) is 0 Å². The first-order valence-electron chi connectivity index (χ1n) is 6.17. The maximum atomic E-state index is 9.46. The second-order valence-electron chi connectivity index (χ2n) is 4.48. The molecule has 0 N–H and O–H groups in total. The first-order chi connectivity index (χ1) is 9.60. The highest BCUT2D eigenvalue weighted by atomic mass is 16.4. The van der Waals surface area contributed by atoms with Crippen molar-refractivity contribution >= 4 is 19.4 Å². The topological polar surface area (TPSA) is 50.8 Å². The number of aryl methyl sites for hydroxylation is 2. The van der Waals surface area contributed by atoms with Gasteiger partial charge in [0.1, 0.15) is 23.1 Å². The van der Waals surface area contributed by atoms with Crippen molar-refractivity contribution in [3.05, 3.63) is 52.8 Å². The van der Waals surface area contributed by atoms with Crippen LogP contribution in [0.3, 0.4) is 0 Å². The maximum absolute atomic E-state index is 9.46. The van der Waals surface area contributed by atoms with E-state index < -0.39 is 0 Å². The van der Waals surface area contributed by atoms with Crippen LogP contribution in [0.2, 0.25) is 0 Å². The van der Waals surface area contributed by atoms with Crippen molar-refractivity contribution < 1.29 is 4.65 Å². The second kappa shape index (κ2) is 5.66. The zero-order valence-electron chi connectivity index (χ0n) is 11.7.